The Labute approximate surface area is 245 Å². The van der Waals surface area contributed by atoms with Gasteiger partial charge in [-0.2, -0.15) is 0 Å². The highest BCUT2D eigenvalue weighted by atomic mass is 79.9. The average molecular weight is 644 g/mol. The van der Waals surface area contributed by atoms with Crippen LogP contribution in [0, 0.1) is 16.0 Å². The normalized spacial score (nSPS) is 22.3. The molecule has 206 valence electrons. The summed E-state index contributed by atoms with van der Waals surface area (Å²) in [5, 5.41) is 10.8. The van der Waals surface area contributed by atoms with Crippen molar-refractivity contribution in [1.29, 1.82) is 0 Å². The lowest BCUT2D eigenvalue weighted by Gasteiger charge is -2.31. The molecule has 0 spiro atoms. The first kappa shape index (κ1) is 26.9. The van der Waals surface area contributed by atoms with Crippen molar-refractivity contribution < 1.29 is 19.3 Å². The number of hydrogen-bond acceptors (Lipinski definition) is 8. The zero-order chi connectivity index (χ0) is 28.1. The molecule has 2 aromatic carbocycles. The molecule has 3 aliphatic rings. The first-order valence-corrected chi connectivity index (χ1v) is 15.3. The van der Waals surface area contributed by atoms with Crippen LogP contribution in [0.1, 0.15) is 35.6 Å². The number of carbonyl (C=O) groups excluding carboxylic acids is 3. The van der Waals surface area contributed by atoms with Crippen LogP contribution >= 0.6 is 39.0 Å². The molecule has 0 saturated carbocycles. The molecule has 0 aliphatic carbocycles. The number of imide groups is 1. The maximum Gasteiger partial charge on any atom is 0.308 e. The van der Waals surface area contributed by atoms with Gasteiger partial charge in [-0.3, -0.25) is 33.9 Å². The summed E-state index contributed by atoms with van der Waals surface area (Å²) >= 11 is 5.61. The first-order valence-electron chi connectivity index (χ1n) is 12.8. The second-order valence-corrected chi connectivity index (χ2v) is 13.0. The number of aromatic nitrogens is 1. The van der Waals surface area contributed by atoms with Gasteiger partial charge in [-0.25, -0.2) is 4.90 Å². The van der Waals surface area contributed by atoms with E-state index in [2.05, 4.69) is 15.9 Å². The van der Waals surface area contributed by atoms with E-state index in [4.69, 9.17) is 0 Å². The lowest BCUT2D eigenvalue weighted by Crippen LogP contribution is -2.39. The highest BCUT2D eigenvalue weighted by molar-refractivity contribution is 9.10. The Morgan fingerprint density at radius 1 is 0.975 bits per heavy atom. The van der Waals surface area contributed by atoms with E-state index in [1.165, 1.54) is 28.8 Å². The third-order valence-corrected chi connectivity index (χ3v) is 10.7. The third-order valence-electron chi connectivity index (χ3n) is 7.60. The van der Waals surface area contributed by atoms with Gasteiger partial charge in [-0.15, -0.1) is 0 Å². The van der Waals surface area contributed by atoms with Crippen LogP contribution in [-0.4, -0.2) is 50.5 Å². The molecule has 0 unspecified atom stereocenters. The van der Waals surface area contributed by atoms with Crippen molar-refractivity contribution in [1.82, 2.24) is 9.47 Å². The molecular weight excluding hydrogens is 620 g/mol. The van der Waals surface area contributed by atoms with E-state index >= 15 is 0 Å². The van der Waals surface area contributed by atoms with Gasteiger partial charge in [0.1, 0.15) is 11.8 Å². The molecule has 3 atom stereocenters. The van der Waals surface area contributed by atoms with Gasteiger partial charge in [0.25, 0.3) is 5.69 Å². The van der Waals surface area contributed by atoms with Crippen LogP contribution in [0.15, 0.2) is 62.8 Å². The minimum Gasteiger partial charge on any atom is -0.341 e. The number of halogens is 1. The number of nitrogens with zero attached hydrogens (tertiary/aromatic N) is 4. The number of amides is 3. The summed E-state index contributed by atoms with van der Waals surface area (Å²) in [6, 6.07) is 12.7. The molecule has 0 radical (unpaired) electrons. The van der Waals surface area contributed by atoms with E-state index in [9.17, 15) is 29.3 Å². The topological polar surface area (TPSA) is 123 Å². The molecule has 2 saturated heterocycles. The zero-order valence-electron chi connectivity index (χ0n) is 21.0. The Bertz CT molecular complexity index is 1580. The van der Waals surface area contributed by atoms with Gasteiger partial charge in [0.15, 0.2) is 0 Å². The van der Waals surface area contributed by atoms with Crippen molar-refractivity contribution in [3.8, 4) is 0 Å². The van der Waals surface area contributed by atoms with Gasteiger partial charge in [0.2, 0.25) is 17.7 Å². The van der Waals surface area contributed by atoms with Gasteiger partial charge in [0, 0.05) is 40.5 Å². The summed E-state index contributed by atoms with van der Waals surface area (Å²) in [7, 11) is 0. The van der Waals surface area contributed by atoms with Gasteiger partial charge >= 0.3 is 4.87 Å². The van der Waals surface area contributed by atoms with Crippen molar-refractivity contribution >= 4 is 68.1 Å². The van der Waals surface area contributed by atoms with Crippen molar-refractivity contribution in [2.45, 2.75) is 42.0 Å². The summed E-state index contributed by atoms with van der Waals surface area (Å²) in [4.78, 5) is 67.9. The Morgan fingerprint density at radius 3 is 2.30 bits per heavy atom. The van der Waals surface area contributed by atoms with Crippen molar-refractivity contribution in [3.63, 3.8) is 0 Å². The maximum atomic E-state index is 13.9. The molecule has 3 amide bonds. The van der Waals surface area contributed by atoms with Gasteiger partial charge in [0.05, 0.1) is 21.6 Å². The smallest absolute Gasteiger partial charge is 0.308 e. The Kier molecular flexibility index (Phi) is 7.13. The minimum atomic E-state index is -0.825. The number of likely N-dealkylation sites (tertiary alicyclic amines) is 1. The number of nitro groups is 1. The fourth-order valence-electron chi connectivity index (χ4n) is 5.64. The highest BCUT2D eigenvalue weighted by Gasteiger charge is 2.56. The number of piperidine rings is 1. The number of fused-ring (bicyclic) bond motifs is 2. The molecule has 3 aliphatic heterocycles. The number of non-ortho nitro benzene ring substituents is 1. The van der Waals surface area contributed by atoms with Crippen LogP contribution in [0.5, 0.6) is 0 Å². The number of benzene rings is 2. The molecule has 0 bridgehead atoms. The number of thiazole rings is 1. The molecule has 2 fully saturated rings. The van der Waals surface area contributed by atoms with E-state index in [0.717, 1.165) is 57.3 Å². The van der Waals surface area contributed by atoms with E-state index < -0.39 is 33.8 Å². The molecular formula is C27H23BrN4O6S2. The maximum absolute atomic E-state index is 13.9. The summed E-state index contributed by atoms with van der Waals surface area (Å²) in [5.74, 6) is -2.36. The standard InChI is InChI=1S/C27H23BrN4O6S2/c28-16-6-4-15(5-7-16)20-21-22(25(35)31(24(21)34)17-8-10-18(11-9-17)32(37)38)39-26-23(20)40-27(36)30(26)14-19(33)29-12-2-1-3-13-29/h4-11,20-22H,1-3,12-14H2/t20-,21-,22+/m0/s1. The number of thioether (sulfide) groups is 1. The van der Waals surface area contributed by atoms with E-state index in [-0.39, 0.29) is 28.7 Å². The fourth-order valence-corrected chi connectivity index (χ4v) is 8.68. The van der Waals surface area contributed by atoms with Crippen LogP contribution in [0.25, 0.3) is 0 Å². The quantitative estimate of drug-likeness (QED) is 0.230. The van der Waals surface area contributed by atoms with Crippen LogP contribution in [0.2, 0.25) is 0 Å². The zero-order valence-corrected chi connectivity index (χ0v) is 24.2. The van der Waals surface area contributed by atoms with Gasteiger partial charge in [-0.1, -0.05) is 51.2 Å². The predicted octanol–water partition coefficient (Wildman–Crippen LogP) is 4.39. The molecule has 4 heterocycles. The van der Waals surface area contributed by atoms with Crippen LogP contribution in [0.3, 0.4) is 0 Å². The van der Waals surface area contributed by atoms with Crippen LogP contribution in [0.4, 0.5) is 11.4 Å². The molecule has 1 aromatic heterocycles. The summed E-state index contributed by atoms with van der Waals surface area (Å²) in [5.41, 5.74) is 0.889. The lowest BCUT2D eigenvalue weighted by molar-refractivity contribution is -0.384. The SMILES string of the molecule is O=C(Cn1c2c(sc1=O)[C@@H](c1ccc(Br)cc1)[C@@H]1C(=O)N(c3ccc([N+](=O)[O-])cc3)C(=O)[C@@H]1S2)N1CCCCC1. The Morgan fingerprint density at radius 2 is 1.65 bits per heavy atom. The largest absolute Gasteiger partial charge is 0.341 e. The minimum absolute atomic E-state index is 0.115. The summed E-state index contributed by atoms with van der Waals surface area (Å²) in [6.07, 6.45) is 2.94. The summed E-state index contributed by atoms with van der Waals surface area (Å²) < 4.78 is 2.30. The van der Waals surface area contributed by atoms with Crippen LogP contribution < -0.4 is 9.77 Å². The molecule has 10 nitrogen and oxygen atoms in total. The Balaban J connectivity index is 1.41. The first-order chi connectivity index (χ1) is 19.2. The van der Waals surface area contributed by atoms with Crippen molar-refractivity contribution in [3.05, 3.63) is 83.2 Å². The van der Waals surface area contributed by atoms with Gasteiger partial charge in [-0.05, 0) is 49.1 Å². The van der Waals surface area contributed by atoms with E-state index in [1.807, 2.05) is 24.3 Å². The Hall–Kier alpha value is -3.29. The van der Waals surface area contributed by atoms with E-state index in [1.54, 1.807) is 4.90 Å². The van der Waals surface area contributed by atoms with Crippen molar-refractivity contribution in [2.75, 3.05) is 18.0 Å². The predicted molar refractivity (Wildman–Crippen MR) is 154 cm³/mol. The fraction of sp³-hybridized carbons (Fsp3) is 0.333. The van der Waals surface area contributed by atoms with Crippen LogP contribution in [-0.2, 0) is 20.9 Å². The third kappa shape index (κ3) is 4.59. The lowest BCUT2D eigenvalue weighted by atomic mass is 9.83. The molecule has 0 N–H and O–H groups in total. The molecule has 40 heavy (non-hydrogen) atoms. The monoisotopic (exact) mass is 642 g/mol. The summed E-state index contributed by atoms with van der Waals surface area (Å²) in [6.45, 7) is 1.21. The second kappa shape index (κ2) is 10.6. The number of hydrogen-bond donors (Lipinski definition) is 0. The van der Waals surface area contributed by atoms with Gasteiger partial charge < -0.3 is 4.90 Å². The molecule has 3 aromatic rings. The van der Waals surface area contributed by atoms with E-state index in [0.29, 0.717) is 23.0 Å². The number of rotatable bonds is 5. The highest BCUT2D eigenvalue weighted by Crippen LogP contribution is 2.54. The number of carbonyl (C=O) groups is 3. The average Bonchev–Trinajstić information content (AvgIpc) is 3.40. The van der Waals surface area contributed by atoms with Crippen molar-refractivity contribution in [2.24, 2.45) is 5.92 Å². The number of nitro benzene ring substituents is 1. The molecule has 6 rings (SSSR count). The number of anilines is 1. The molecule has 13 heteroatoms. The second-order valence-electron chi connectivity index (χ2n) is 9.94.